The van der Waals surface area contributed by atoms with Crippen molar-refractivity contribution in [3.05, 3.63) is 50.8 Å². The highest BCUT2D eigenvalue weighted by Gasteiger charge is 2.25. The lowest BCUT2D eigenvalue weighted by Gasteiger charge is -2.11. The van der Waals surface area contributed by atoms with Crippen LogP contribution in [-0.2, 0) is 13.6 Å². The first kappa shape index (κ1) is 13.5. The van der Waals surface area contributed by atoms with Crippen molar-refractivity contribution in [3.8, 4) is 0 Å². The van der Waals surface area contributed by atoms with Crippen LogP contribution in [0.15, 0.2) is 28.3 Å². The molecule has 0 atom stereocenters. The second-order valence-electron chi connectivity index (χ2n) is 5.40. The molecule has 1 aliphatic carbocycles. The Bertz CT molecular complexity index is 823. The van der Waals surface area contributed by atoms with Crippen molar-refractivity contribution in [2.24, 2.45) is 7.05 Å². The Kier molecular flexibility index (Phi) is 3.12. The van der Waals surface area contributed by atoms with E-state index in [1.165, 1.54) is 24.7 Å². The Labute approximate surface area is 120 Å². The fraction of sp³-hybridized carbons (Fsp3) is 0.429. The zero-order valence-electron chi connectivity index (χ0n) is 11.9. The van der Waals surface area contributed by atoms with E-state index in [0.29, 0.717) is 12.6 Å². The van der Waals surface area contributed by atoms with E-state index in [-0.39, 0.29) is 11.3 Å². The predicted octanol–water partition coefficient (Wildman–Crippen LogP) is 0.329. The monoisotopic (exact) mass is 288 g/mol. The topological polar surface area (TPSA) is 78.9 Å². The van der Waals surface area contributed by atoms with Crippen LogP contribution in [0.25, 0.3) is 0 Å². The number of carbonyl (C=O) groups excluding carboxylic acids is 1. The van der Waals surface area contributed by atoms with Crippen LogP contribution in [0.1, 0.15) is 41.9 Å². The Morgan fingerprint density at radius 1 is 1.38 bits per heavy atom. The lowest BCUT2D eigenvalue weighted by atomic mass is 10.2. The van der Waals surface area contributed by atoms with Crippen molar-refractivity contribution >= 4 is 5.78 Å². The molecule has 0 amide bonds. The molecule has 2 heterocycles. The minimum Gasteiger partial charge on any atom is -0.330 e. The Morgan fingerprint density at radius 3 is 2.71 bits per heavy atom. The van der Waals surface area contributed by atoms with Gasteiger partial charge in [0, 0.05) is 25.5 Å². The third kappa shape index (κ3) is 2.35. The number of carbonyl (C=O) groups is 1. The summed E-state index contributed by atoms with van der Waals surface area (Å²) < 4.78 is 4.40. The summed E-state index contributed by atoms with van der Waals surface area (Å²) in [6.07, 6.45) is 7.04. The second-order valence-corrected chi connectivity index (χ2v) is 5.40. The molecule has 7 heteroatoms. The van der Waals surface area contributed by atoms with Gasteiger partial charge >= 0.3 is 5.69 Å². The number of nitrogens with zero attached hydrogens (tertiary/aromatic N) is 4. The maximum atomic E-state index is 12.2. The van der Waals surface area contributed by atoms with Gasteiger partial charge in [-0.05, 0) is 19.8 Å². The SMILES string of the molecule is CC(=O)c1cn(Cc2cncn2C2CC2)c(=O)n(C)c1=O. The number of aromatic nitrogens is 4. The van der Waals surface area contributed by atoms with Crippen molar-refractivity contribution in [2.75, 3.05) is 0 Å². The summed E-state index contributed by atoms with van der Waals surface area (Å²) in [5, 5.41) is 0. The smallest absolute Gasteiger partial charge is 0.330 e. The molecule has 1 aliphatic rings. The third-order valence-corrected chi connectivity index (χ3v) is 3.75. The Hall–Kier alpha value is -2.44. The number of rotatable bonds is 4. The molecule has 7 nitrogen and oxygen atoms in total. The van der Waals surface area contributed by atoms with Gasteiger partial charge in [-0.25, -0.2) is 9.78 Å². The van der Waals surface area contributed by atoms with E-state index >= 15 is 0 Å². The maximum Gasteiger partial charge on any atom is 0.331 e. The normalized spacial score (nSPS) is 14.4. The molecule has 0 unspecified atom stereocenters. The van der Waals surface area contributed by atoms with Crippen molar-refractivity contribution in [1.82, 2.24) is 18.7 Å². The van der Waals surface area contributed by atoms with Crippen molar-refractivity contribution < 1.29 is 4.79 Å². The molecule has 0 aromatic carbocycles. The highest BCUT2D eigenvalue weighted by molar-refractivity contribution is 5.93. The van der Waals surface area contributed by atoms with Crippen molar-refractivity contribution in [1.29, 1.82) is 0 Å². The van der Waals surface area contributed by atoms with Gasteiger partial charge in [0.25, 0.3) is 5.56 Å². The van der Waals surface area contributed by atoms with E-state index < -0.39 is 11.2 Å². The van der Waals surface area contributed by atoms with Gasteiger partial charge in [-0.2, -0.15) is 0 Å². The van der Waals surface area contributed by atoms with E-state index in [1.54, 1.807) is 12.5 Å². The molecule has 0 radical (unpaired) electrons. The number of hydrogen-bond donors (Lipinski definition) is 0. The van der Waals surface area contributed by atoms with E-state index in [2.05, 4.69) is 4.98 Å². The van der Waals surface area contributed by atoms with E-state index in [0.717, 1.165) is 23.1 Å². The van der Waals surface area contributed by atoms with E-state index in [4.69, 9.17) is 0 Å². The molecule has 21 heavy (non-hydrogen) atoms. The number of Topliss-reactive ketones (excluding diaryl/α,β-unsaturated/α-hetero) is 1. The van der Waals surface area contributed by atoms with Crippen LogP contribution in [-0.4, -0.2) is 24.5 Å². The minimum atomic E-state index is -0.556. The Balaban J connectivity index is 2.06. The van der Waals surface area contributed by atoms with Crippen LogP contribution >= 0.6 is 0 Å². The average molecular weight is 288 g/mol. The molecule has 2 aromatic rings. The number of imidazole rings is 1. The first-order chi connectivity index (χ1) is 9.99. The molecular formula is C14H16N4O3. The van der Waals surface area contributed by atoms with Crippen LogP contribution in [0.5, 0.6) is 0 Å². The lowest BCUT2D eigenvalue weighted by Crippen LogP contribution is -2.40. The first-order valence-corrected chi connectivity index (χ1v) is 6.81. The summed E-state index contributed by atoms with van der Waals surface area (Å²) >= 11 is 0. The average Bonchev–Trinajstić information content (AvgIpc) is 3.19. The molecule has 0 spiro atoms. The predicted molar refractivity (Wildman–Crippen MR) is 75.5 cm³/mol. The summed E-state index contributed by atoms with van der Waals surface area (Å²) in [7, 11) is 1.38. The van der Waals surface area contributed by atoms with Gasteiger partial charge in [0.2, 0.25) is 0 Å². The van der Waals surface area contributed by atoms with Gasteiger partial charge in [-0.3, -0.25) is 18.7 Å². The zero-order chi connectivity index (χ0) is 15.1. The zero-order valence-corrected chi connectivity index (χ0v) is 11.9. The van der Waals surface area contributed by atoms with Crippen LogP contribution in [0.4, 0.5) is 0 Å². The molecule has 0 aliphatic heterocycles. The van der Waals surface area contributed by atoms with Gasteiger partial charge in [-0.1, -0.05) is 0 Å². The Morgan fingerprint density at radius 2 is 2.10 bits per heavy atom. The van der Waals surface area contributed by atoms with E-state index in [9.17, 15) is 14.4 Å². The minimum absolute atomic E-state index is 0.0228. The van der Waals surface area contributed by atoms with Crippen molar-refractivity contribution in [3.63, 3.8) is 0 Å². The fourth-order valence-electron chi connectivity index (χ4n) is 2.39. The highest BCUT2D eigenvalue weighted by Crippen LogP contribution is 2.35. The maximum absolute atomic E-state index is 12.2. The van der Waals surface area contributed by atoms with Gasteiger partial charge in [0.1, 0.15) is 0 Å². The molecule has 0 N–H and O–H groups in total. The van der Waals surface area contributed by atoms with E-state index in [1.807, 2.05) is 4.57 Å². The molecule has 0 bridgehead atoms. The summed E-state index contributed by atoms with van der Waals surface area (Å²) in [5.74, 6) is -0.347. The number of hydrogen-bond acceptors (Lipinski definition) is 4. The molecular weight excluding hydrogens is 272 g/mol. The van der Waals surface area contributed by atoms with Crippen LogP contribution in [0.2, 0.25) is 0 Å². The fourth-order valence-corrected chi connectivity index (χ4v) is 2.39. The first-order valence-electron chi connectivity index (χ1n) is 6.81. The standard InChI is InChI=1S/C14H16N4O3/c1-9(19)12-7-17(14(21)16(2)13(12)20)6-11-5-15-8-18(11)10-3-4-10/h5,7-8,10H,3-4,6H2,1-2H3. The molecule has 0 saturated heterocycles. The summed E-state index contributed by atoms with van der Waals surface area (Å²) in [6, 6.07) is 0.456. The van der Waals surface area contributed by atoms with Gasteiger partial charge in [0.15, 0.2) is 5.78 Å². The quantitative estimate of drug-likeness (QED) is 0.759. The molecule has 2 aromatic heterocycles. The van der Waals surface area contributed by atoms with Crippen molar-refractivity contribution in [2.45, 2.75) is 32.4 Å². The molecule has 3 rings (SSSR count). The van der Waals surface area contributed by atoms with Crippen LogP contribution in [0.3, 0.4) is 0 Å². The van der Waals surface area contributed by atoms with Gasteiger partial charge in [0.05, 0.1) is 24.1 Å². The highest BCUT2D eigenvalue weighted by atomic mass is 16.2. The van der Waals surface area contributed by atoms with Crippen LogP contribution in [0, 0.1) is 0 Å². The molecule has 1 fully saturated rings. The lowest BCUT2D eigenvalue weighted by molar-refractivity contribution is 0.101. The number of ketones is 1. The molecule has 110 valence electrons. The van der Waals surface area contributed by atoms with Crippen LogP contribution < -0.4 is 11.2 Å². The van der Waals surface area contributed by atoms with Gasteiger partial charge < -0.3 is 4.57 Å². The van der Waals surface area contributed by atoms with Gasteiger partial charge in [-0.15, -0.1) is 0 Å². The summed E-state index contributed by atoms with van der Waals surface area (Å²) in [5.41, 5.74) is -0.0738. The molecule has 1 saturated carbocycles. The largest absolute Gasteiger partial charge is 0.331 e. The summed E-state index contributed by atoms with van der Waals surface area (Å²) in [6.45, 7) is 1.61. The second kappa shape index (κ2) is 4.83. The summed E-state index contributed by atoms with van der Waals surface area (Å²) in [4.78, 5) is 39.7. The third-order valence-electron chi connectivity index (χ3n) is 3.75.